The highest BCUT2D eigenvalue weighted by Gasteiger charge is 2.06. The number of aromatic nitrogens is 1. The fourth-order valence-electron chi connectivity index (χ4n) is 0.769. The molecule has 7 heteroatoms. The van der Waals surface area contributed by atoms with Crippen LogP contribution in [0.25, 0.3) is 0 Å². The van der Waals surface area contributed by atoms with E-state index < -0.39 is 0 Å². The van der Waals surface area contributed by atoms with E-state index in [-0.39, 0.29) is 11.9 Å². The van der Waals surface area contributed by atoms with Crippen molar-refractivity contribution >= 4 is 17.8 Å². The van der Waals surface area contributed by atoms with Crippen LogP contribution in [0.4, 0.5) is 5.88 Å². The molecule has 6 N–H and O–H groups in total. The molecule has 1 rings (SSSR count). The van der Waals surface area contributed by atoms with Crippen LogP contribution in [0.15, 0.2) is 14.5 Å². The number of rotatable bonds is 1. The second-order valence-corrected chi connectivity index (χ2v) is 2.70. The van der Waals surface area contributed by atoms with Crippen molar-refractivity contribution in [3.05, 3.63) is 11.3 Å². The summed E-state index contributed by atoms with van der Waals surface area (Å²) in [6.45, 7) is 3.61. The average molecular weight is 196 g/mol. The van der Waals surface area contributed by atoms with Gasteiger partial charge in [0, 0.05) is 5.56 Å². The van der Waals surface area contributed by atoms with Crippen molar-refractivity contribution in [1.29, 1.82) is 0 Å². The first-order chi connectivity index (χ1) is 6.50. The lowest BCUT2D eigenvalue weighted by Gasteiger charge is -1.92. The van der Waals surface area contributed by atoms with Gasteiger partial charge in [-0.1, -0.05) is 5.16 Å². The summed E-state index contributed by atoms with van der Waals surface area (Å²) in [6.07, 6.45) is 0. The summed E-state index contributed by atoms with van der Waals surface area (Å²) in [4.78, 5) is 7.37. The molecule has 0 atom stereocenters. The van der Waals surface area contributed by atoms with E-state index in [1.54, 1.807) is 6.92 Å². The molecule has 0 unspecified atom stereocenters. The minimum atomic E-state index is -0.153. The summed E-state index contributed by atoms with van der Waals surface area (Å²) in [6, 6.07) is 0. The largest absolute Gasteiger partial charge is 0.370 e. The molecular weight excluding hydrogens is 184 g/mol. The molecule has 0 aliphatic heterocycles. The summed E-state index contributed by atoms with van der Waals surface area (Å²) in [5.41, 5.74) is 17.2. The quantitative estimate of drug-likeness (QED) is 0.412. The van der Waals surface area contributed by atoms with E-state index in [9.17, 15) is 0 Å². The number of guanidine groups is 2. The van der Waals surface area contributed by atoms with E-state index >= 15 is 0 Å². The van der Waals surface area contributed by atoms with Gasteiger partial charge in [-0.2, -0.15) is 9.98 Å². The molecule has 0 saturated heterocycles. The molecule has 0 amide bonds. The van der Waals surface area contributed by atoms with E-state index in [1.165, 1.54) is 0 Å². The Bertz CT molecular complexity index is 387. The van der Waals surface area contributed by atoms with Crippen LogP contribution in [0.3, 0.4) is 0 Å². The zero-order valence-electron chi connectivity index (χ0n) is 7.98. The van der Waals surface area contributed by atoms with E-state index in [1.807, 2.05) is 6.92 Å². The lowest BCUT2D eigenvalue weighted by atomic mass is 10.3. The van der Waals surface area contributed by atoms with E-state index in [0.29, 0.717) is 5.88 Å². The van der Waals surface area contributed by atoms with Crippen LogP contribution in [0.5, 0.6) is 0 Å². The summed E-state index contributed by atoms with van der Waals surface area (Å²) in [5, 5.41) is 3.70. The highest BCUT2D eigenvalue weighted by molar-refractivity contribution is 5.93. The van der Waals surface area contributed by atoms with Crippen molar-refractivity contribution in [3.63, 3.8) is 0 Å². The summed E-state index contributed by atoms with van der Waals surface area (Å²) >= 11 is 0. The number of aryl methyl sites for hydroxylation is 1. The van der Waals surface area contributed by atoms with Gasteiger partial charge >= 0.3 is 0 Å². The Kier molecular flexibility index (Phi) is 2.70. The molecule has 1 aromatic heterocycles. The Labute approximate surface area is 80.7 Å². The van der Waals surface area contributed by atoms with Gasteiger partial charge in [0.15, 0.2) is 5.96 Å². The van der Waals surface area contributed by atoms with Gasteiger partial charge in [-0.25, -0.2) is 0 Å². The van der Waals surface area contributed by atoms with Crippen molar-refractivity contribution in [2.75, 3.05) is 0 Å². The minimum absolute atomic E-state index is 0.0655. The standard InChI is InChI=1S/C7H12N6O/c1-3-4(2)13-14-5(3)11-7(10)12-6(8)9/h1-2H3,(H6,8,9,10,11,12). The van der Waals surface area contributed by atoms with E-state index in [0.717, 1.165) is 11.3 Å². The number of hydrogen-bond acceptors (Lipinski definition) is 3. The van der Waals surface area contributed by atoms with Crippen LogP contribution in [-0.2, 0) is 0 Å². The maximum absolute atomic E-state index is 5.40. The van der Waals surface area contributed by atoms with Crippen LogP contribution in [0.2, 0.25) is 0 Å². The maximum Gasteiger partial charge on any atom is 0.256 e. The summed E-state index contributed by atoms with van der Waals surface area (Å²) in [5.74, 6) is 0.0920. The third-order valence-corrected chi connectivity index (χ3v) is 1.59. The Balaban J connectivity index is 2.98. The molecule has 76 valence electrons. The van der Waals surface area contributed by atoms with Crippen LogP contribution >= 0.6 is 0 Å². The van der Waals surface area contributed by atoms with Gasteiger partial charge in [0.2, 0.25) is 5.96 Å². The van der Waals surface area contributed by atoms with Crippen LogP contribution < -0.4 is 17.2 Å². The molecule has 0 saturated carbocycles. The van der Waals surface area contributed by atoms with Crippen molar-refractivity contribution in [3.8, 4) is 0 Å². The zero-order valence-corrected chi connectivity index (χ0v) is 7.98. The molecule has 0 aliphatic carbocycles. The lowest BCUT2D eigenvalue weighted by Crippen LogP contribution is -2.26. The molecule has 0 radical (unpaired) electrons. The van der Waals surface area contributed by atoms with Crippen molar-refractivity contribution in [2.24, 2.45) is 27.2 Å². The van der Waals surface area contributed by atoms with Crippen molar-refractivity contribution in [2.45, 2.75) is 13.8 Å². The monoisotopic (exact) mass is 196 g/mol. The Morgan fingerprint density at radius 2 is 1.93 bits per heavy atom. The molecule has 7 nitrogen and oxygen atoms in total. The topological polar surface area (TPSA) is 129 Å². The van der Waals surface area contributed by atoms with Crippen LogP contribution in [0, 0.1) is 13.8 Å². The van der Waals surface area contributed by atoms with Crippen molar-refractivity contribution < 1.29 is 4.52 Å². The molecular formula is C7H12N6O. The van der Waals surface area contributed by atoms with E-state index in [2.05, 4.69) is 15.1 Å². The fraction of sp³-hybridized carbons (Fsp3) is 0.286. The smallest absolute Gasteiger partial charge is 0.256 e. The minimum Gasteiger partial charge on any atom is -0.370 e. The average Bonchev–Trinajstić information content (AvgIpc) is 2.34. The highest BCUT2D eigenvalue weighted by Crippen LogP contribution is 2.20. The third-order valence-electron chi connectivity index (χ3n) is 1.59. The molecule has 0 spiro atoms. The Morgan fingerprint density at radius 3 is 2.36 bits per heavy atom. The van der Waals surface area contributed by atoms with Crippen LogP contribution in [-0.4, -0.2) is 17.1 Å². The highest BCUT2D eigenvalue weighted by atomic mass is 16.5. The van der Waals surface area contributed by atoms with E-state index in [4.69, 9.17) is 21.7 Å². The van der Waals surface area contributed by atoms with Gasteiger partial charge in [-0.3, -0.25) is 0 Å². The summed E-state index contributed by atoms with van der Waals surface area (Å²) in [7, 11) is 0. The number of aliphatic imine (C=N–C) groups is 2. The first-order valence-corrected chi connectivity index (χ1v) is 3.87. The maximum atomic E-state index is 5.40. The number of hydrogen-bond donors (Lipinski definition) is 3. The first kappa shape index (κ1) is 10.0. The van der Waals surface area contributed by atoms with Gasteiger partial charge in [0.05, 0.1) is 5.69 Å². The van der Waals surface area contributed by atoms with Gasteiger partial charge in [-0.05, 0) is 13.8 Å². The molecule has 1 aromatic rings. The first-order valence-electron chi connectivity index (χ1n) is 3.87. The predicted molar refractivity (Wildman–Crippen MR) is 53.1 cm³/mol. The Morgan fingerprint density at radius 1 is 1.29 bits per heavy atom. The predicted octanol–water partition coefficient (Wildman–Crippen LogP) is -0.489. The lowest BCUT2D eigenvalue weighted by molar-refractivity contribution is 0.425. The molecule has 0 fully saturated rings. The summed E-state index contributed by atoms with van der Waals surface area (Å²) < 4.78 is 4.88. The number of nitrogens with two attached hydrogens (primary N) is 3. The fourth-order valence-corrected chi connectivity index (χ4v) is 0.769. The molecule has 0 bridgehead atoms. The van der Waals surface area contributed by atoms with Crippen LogP contribution in [0.1, 0.15) is 11.3 Å². The van der Waals surface area contributed by atoms with Crippen molar-refractivity contribution in [1.82, 2.24) is 5.16 Å². The molecule has 0 aliphatic rings. The Hall–Kier alpha value is -2.05. The third kappa shape index (κ3) is 2.22. The molecule has 14 heavy (non-hydrogen) atoms. The van der Waals surface area contributed by atoms with Gasteiger partial charge < -0.3 is 21.7 Å². The second-order valence-electron chi connectivity index (χ2n) is 2.70. The molecule has 0 aromatic carbocycles. The van der Waals surface area contributed by atoms with Gasteiger partial charge in [0.25, 0.3) is 5.88 Å². The molecule has 1 heterocycles. The van der Waals surface area contributed by atoms with Gasteiger partial charge in [0.1, 0.15) is 0 Å². The SMILES string of the molecule is Cc1noc(/N=C(\N)N=C(N)N)c1C. The second kappa shape index (κ2) is 3.77. The number of nitrogens with zero attached hydrogens (tertiary/aromatic N) is 3. The normalized spacial score (nSPS) is 11.4. The zero-order chi connectivity index (χ0) is 10.7. The van der Waals surface area contributed by atoms with Gasteiger partial charge in [-0.15, -0.1) is 0 Å².